The molecule has 0 heterocycles. The summed E-state index contributed by atoms with van der Waals surface area (Å²) in [6, 6.07) is 3.96. The molecule has 0 aliphatic carbocycles. The van der Waals surface area contributed by atoms with Crippen LogP contribution >= 0.6 is 11.6 Å². The number of rotatable bonds is 5. The zero-order valence-corrected chi connectivity index (χ0v) is 9.68. The number of benzene rings is 1. The van der Waals surface area contributed by atoms with E-state index in [0.29, 0.717) is 18.0 Å². The number of hydrogen-bond acceptors (Lipinski definition) is 2. The van der Waals surface area contributed by atoms with Gasteiger partial charge in [0.15, 0.2) is 0 Å². The van der Waals surface area contributed by atoms with E-state index in [1.54, 1.807) is 6.92 Å². The number of ether oxygens (including phenoxy) is 1. The van der Waals surface area contributed by atoms with E-state index in [9.17, 15) is 9.18 Å². The molecule has 0 bridgehead atoms. The molecule has 0 aliphatic rings. The number of carbonyl (C=O) groups excluding carboxylic acids is 1. The van der Waals surface area contributed by atoms with Crippen LogP contribution in [0.5, 0.6) is 5.75 Å². The molecular weight excluding hydrogens is 233 g/mol. The molecule has 1 amide bonds. The van der Waals surface area contributed by atoms with Crippen LogP contribution in [0.4, 0.5) is 10.1 Å². The van der Waals surface area contributed by atoms with Crippen LogP contribution in [-0.4, -0.2) is 18.4 Å². The highest BCUT2D eigenvalue weighted by Crippen LogP contribution is 2.25. The van der Waals surface area contributed by atoms with Crippen LogP contribution in [0.2, 0.25) is 0 Å². The Labute approximate surface area is 98.5 Å². The second kappa shape index (κ2) is 6.33. The monoisotopic (exact) mass is 245 g/mol. The minimum Gasteiger partial charge on any atom is -0.492 e. The third-order valence-corrected chi connectivity index (χ3v) is 2.03. The maximum atomic E-state index is 12.9. The van der Waals surface area contributed by atoms with Crippen molar-refractivity contribution in [3.8, 4) is 5.75 Å². The van der Waals surface area contributed by atoms with Gasteiger partial charge < -0.3 is 10.1 Å². The van der Waals surface area contributed by atoms with Crippen LogP contribution in [-0.2, 0) is 4.79 Å². The van der Waals surface area contributed by atoms with Crippen molar-refractivity contribution in [2.24, 2.45) is 0 Å². The molecule has 5 heteroatoms. The first-order valence-corrected chi connectivity index (χ1v) is 5.49. The molecule has 0 spiro atoms. The summed E-state index contributed by atoms with van der Waals surface area (Å²) >= 11 is 5.44. The topological polar surface area (TPSA) is 38.3 Å². The van der Waals surface area contributed by atoms with E-state index in [0.717, 1.165) is 0 Å². The SMILES string of the molecule is CCOc1cc(F)ccc1NC(=O)CCCl. The van der Waals surface area contributed by atoms with E-state index in [-0.39, 0.29) is 18.2 Å². The number of hydrogen-bond donors (Lipinski definition) is 1. The van der Waals surface area contributed by atoms with Crippen molar-refractivity contribution in [2.45, 2.75) is 13.3 Å². The van der Waals surface area contributed by atoms with Gasteiger partial charge in [0.05, 0.1) is 12.3 Å². The van der Waals surface area contributed by atoms with E-state index >= 15 is 0 Å². The summed E-state index contributed by atoms with van der Waals surface area (Å²) in [5.41, 5.74) is 0.457. The Bertz CT molecular complexity index is 371. The maximum Gasteiger partial charge on any atom is 0.225 e. The van der Waals surface area contributed by atoms with Gasteiger partial charge in [-0.25, -0.2) is 4.39 Å². The summed E-state index contributed by atoms with van der Waals surface area (Å²) in [4.78, 5) is 11.3. The first-order valence-electron chi connectivity index (χ1n) is 4.95. The predicted octanol–water partition coefficient (Wildman–Crippen LogP) is 2.79. The number of halogens is 2. The number of alkyl halides is 1. The molecule has 0 fully saturated rings. The molecule has 0 radical (unpaired) electrons. The number of amides is 1. The van der Waals surface area contributed by atoms with Crippen LogP contribution in [0.25, 0.3) is 0 Å². The second-order valence-corrected chi connectivity index (χ2v) is 3.44. The quantitative estimate of drug-likeness (QED) is 0.810. The van der Waals surface area contributed by atoms with E-state index in [2.05, 4.69) is 5.32 Å². The zero-order chi connectivity index (χ0) is 12.0. The Morgan fingerprint density at radius 3 is 2.94 bits per heavy atom. The Morgan fingerprint density at radius 1 is 1.56 bits per heavy atom. The molecule has 0 saturated heterocycles. The molecule has 1 aromatic carbocycles. The van der Waals surface area contributed by atoms with E-state index in [4.69, 9.17) is 16.3 Å². The Hall–Kier alpha value is -1.29. The third kappa shape index (κ3) is 3.70. The van der Waals surface area contributed by atoms with Crippen LogP contribution < -0.4 is 10.1 Å². The first-order chi connectivity index (χ1) is 7.67. The minimum atomic E-state index is -0.404. The molecule has 1 rings (SSSR count). The smallest absolute Gasteiger partial charge is 0.225 e. The van der Waals surface area contributed by atoms with Crippen molar-refractivity contribution in [3.63, 3.8) is 0 Å². The van der Waals surface area contributed by atoms with Crippen molar-refractivity contribution in [1.82, 2.24) is 0 Å². The third-order valence-electron chi connectivity index (χ3n) is 1.84. The molecule has 1 aromatic rings. The number of carbonyl (C=O) groups is 1. The molecular formula is C11H13ClFNO2. The second-order valence-electron chi connectivity index (χ2n) is 3.06. The van der Waals surface area contributed by atoms with E-state index in [1.807, 2.05) is 0 Å². The summed E-state index contributed by atoms with van der Waals surface area (Å²) in [7, 11) is 0. The average Bonchev–Trinajstić information content (AvgIpc) is 2.23. The summed E-state index contributed by atoms with van der Waals surface area (Å²) in [6.45, 7) is 2.19. The van der Waals surface area contributed by atoms with Crippen LogP contribution in [0.3, 0.4) is 0 Å². The first kappa shape index (κ1) is 12.8. The maximum absolute atomic E-state index is 12.9. The molecule has 0 saturated carbocycles. The molecule has 0 aromatic heterocycles. The normalized spacial score (nSPS) is 9.94. The molecule has 16 heavy (non-hydrogen) atoms. The predicted molar refractivity (Wildman–Crippen MR) is 61.5 cm³/mol. The molecule has 0 aliphatic heterocycles. The minimum absolute atomic E-state index is 0.213. The highest BCUT2D eigenvalue weighted by Gasteiger charge is 2.08. The molecule has 88 valence electrons. The summed E-state index contributed by atoms with van der Waals surface area (Å²) in [5, 5.41) is 2.61. The van der Waals surface area contributed by atoms with Crippen LogP contribution in [0, 0.1) is 5.82 Å². The zero-order valence-electron chi connectivity index (χ0n) is 8.93. The number of anilines is 1. The van der Waals surface area contributed by atoms with Crippen LogP contribution in [0.1, 0.15) is 13.3 Å². The van der Waals surface area contributed by atoms with Crippen molar-refractivity contribution in [2.75, 3.05) is 17.8 Å². The van der Waals surface area contributed by atoms with Crippen LogP contribution in [0.15, 0.2) is 18.2 Å². The Morgan fingerprint density at radius 2 is 2.31 bits per heavy atom. The van der Waals surface area contributed by atoms with Gasteiger partial charge in [0, 0.05) is 18.4 Å². The fourth-order valence-electron chi connectivity index (χ4n) is 1.17. The molecule has 0 unspecified atom stereocenters. The number of nitrogens with one attached hydrogen (secondary N) is 1. The highest BCUT2D eigenvalue weighted by molar-refractivity contribution is 6.19. The lowest BCUT2D eigenvalue weighted by molar-refractivity contribution is -0.115. The summed E-state index contributed by atoms with van der Waals surface area (Å²) in [5.74, 6) is -0.0523. The van der Waals surface area contributed by atoms with E-state index in [1.165, 1.54) is 18.2 Å². The van der Waals surface area contributed by atoms with Crippen molar-refractivity contribution in [1.29, 1.82) is 0 Å². The van der Waals surface area contributed by atoms with Crippen molar-refractivity contribution < 1.29 is 13.9 Å². The Kier molecular flexibility index (Phi) is 5.05. The fourth-order valence-corrected chi connectivity index (χ4v) is 1.34. The van der Waals surface area contributed by atoms with Gasteiger partial charge in [-0.2, -0.15) is 0 Å². The molecule has 3 nitrogen and oxygen atoms in total. The largest absolute Gasteiger partial charge is 0.492 e. The van der Waals surface area contributed by atoms with Gasteiger partial charge in [0.2, 0.25) is 5.91 Å². The lowest BCUT2D eigenvalue weighted by Crippen LogP contribution is -2.12. The summed E-state index contributed by atoms with van der Waals surface area (Å²) in [6.07, 6.45) is 0.213. The van der Waals surface area contributed by atoms with E-state index < -0.39 is 5.82 Å². The van der Waals surface area contributed by atoms with Gasteiger partial charge in [-0.05, 0) is 19.1 Å². The summed E-state index contributed by atoms with van der Waals surface area (Å²) < 4.78 is 18.2. The fraction of sp³-hybridized carbons (Fsp3) is 0.364. The Balaban J connectivity index is 2.81. The van der Waals surface area contributed by atoms with Gasteiger partial charge >= 0.3 is 0 Å². The van der Waals surface area contributed by atoms with Gasteiger partial charge in [-0.1, -0.05) is 0 Å². The lowest BCUT2D eigenvalue weighted by Gasteiger charge is -2.11. The van der Waals surface area contributed by atoms with Gasteiger partial charge in [0.1, 0.15) is 11.6 Å². The van der Waals surface area contributed by atoms with Gasteiger partial charge in [-0.3, -0.25) is 4.79 Å². The average molecular weight is 246 g/mol. The highest BCUT2D eigenvalue weighted by atomic mass is 35.5. The lowest BCUT2D eigenvalue weighted by atomic mass is 10.2. The molecule has 0 atom stereocenters. The van der Waals surface area contributed by atoms with Gasteiger partial charge in [-0.15, -0.1) is 11.6 Å². The van der Waals surface area contributed by atoms with Gasteiger partial charge in [0.25, 0.3) is 0 Å². The van der Waals surface area contributed by atoms with Crippen molar-refractivity contribution in [3.05, 3.63) is 24.0 Å². The van der Waals surface area contributed by atoms with Crippen molar-refractivity contribution >= 4 is 23.2 Å². The molecule has 1 N–H and O–H groups in total. The standard InChI is InChI=1S/C11H13ClFNO2/c1-2-16-10-7-8(13)3-4-9(10)14-11(15)5-6-12/h3-4,7H,2,5-6H2,1H3,(H,14,15).